The monoisotopic (exact) mass is 170 g/mol. The van der Waals surface area contributed by atoms with Crippen LogP contribution >= 0.6 is 11.8 Å². The van der Waals surface area contributed by atoms with Crippen LogP contribution in [0.15, 0.2) is 0 Å². The second kappa shape index (κ2) is 2.64. The maximum atomic E-state index is 11.8. The molecule has 0 saturated heterocycles. The zero-order valence-electron chi connectivity index (χ0n) is 5.61. The number of alkyl halides is 3. The molecule has 1 aliphatic rings. The Morgan fingerprint density at radius 1 is 1.30 bits per heavy atom. The zero-order valence-corrected chi connectivity index (χ0v) is 6.43. The average Bonchev–Trinajstić information content (AvgIpc) is 1.57. The third-order valence-electron chi connectivity index (χ3n) is 1.89. The molecule has 0 amide bonds. The van der Waals surface area contributed by atoms with Crippen LogP contribution in [-0.2, 0) is 0 Å². The number of hydrogen-bond donors (Lipinski definition) is 0. The van der Waals surface area contributed by atoms with E-state index in [1.165, 1.54) is 11.8 Å². The van der Waals surface area contributed by atoms with Crippen molar-refractivity contribution in [2.24, 2.45) is 5.92 Å². The molecule has 1 aliphatic carbocycles. The first kappa shape index (κ1) is 8.24. The van der Waals surface area contributed by atoms with E-state index in [1.54, 1.807) is 0 Å². The molecule has 0 aliphatic heterocycles. The van der Waals surface area contributed by atoms with Crippen molar-refractivity contribution in [1.82, 2.24) is 0 Å². The van der Waals surface area contributed by atoms with Crippen LogP contribution < -0.4 is 0 Å². The molecular weight excluding hydrogens is 161 g/mol. The minimum atomic E-state index is -3.94. The Bertz CT molecular complexity index is 115. The average molecular weight is 170 g/mol. The van der Waals surface area contributed by atoms with Crippen molar-refractivity contribution >= 4 is 11.8 Å². The Labute approximate surface area is 62.2 Å². The summed E-state index contributed by atoms with van der Waals surface area (Å²) in [5.74, 6) is -1.01. The highest BCUT2D eigenvalue weighted by Crippen LogP contribution is 2.45. The smallest absolute Gasteiger partial charge is 0.171 e. The molecule has 10 heavy (non-hydrogen) atoms. The van der Waals surface area contributed by atoms with Crippen molar-refractivity contribution in [2.75, 3.05) is 6.26 Å². The summed E-state index contributed by atoms with van der Waals surface area (Å²) in [6.45, 7) is 0. The van der Waals surface area contributed by atoms with E-state index in [4.69, 9.17) is 0 Å². The van der Waals surface area contributed by atoms with Gasteiger partial charge < -0.3 is 0 Å². The summed E-state index contributed by atoms with van der Waals surface area (Å²) in [6.07, 6.45) is -1.43. The third kappa shape index (κ3) is 1.59. The van der Waals surface area contributed by atoms with Crippen LogP contribution in [-0.4, -0.2) is 17.7 Å². The molecule has 0 aromatic carbocycles. The topological polar surface area (TPSA) is 0 Å². The Hall–Kier alpha value is 0.140. The Morgan fingerprint density at radius 3 is 2.10 bits per heavy atom. The Kier molecular flexibility index (Phi) is 2.18. The summed E-state index contributed by atoms with van der Waals surface area (Å²) in [7, 11) is 0. The van der Waals surface area contributed by atoms with E-state index in [1.807, 2.05) is 6.26 Å². The summed E-state index contributed by atoms with van der Waals surface area (Å²) in [4.78, 5) is 0. The van der Waals surface area contributed by atoms with Crippen LogP contribution in [0.1, 0.15) is 12.8 Å². The van der Waals surface area contributed by atoms with E-state index in [0.717, 1.165) is 0 Å². The molecule has 4 heteroatoms. The molecule has 0 atom stereocenters. The van der Waals surface area contributed by atoms with Gasteiger partial charge in [-0.2, -0.15) is 24.9 Å². The van der Waals surface area contributed by atoms with Crippen molar-refractivity contribution in [2.45, 2.75) is 24.3 Å². The fourth-order valence-electron chi connectivity index (χ4n) is 1.03. The predicted octanol–water partition coefficient (Wildman–Crippen LogP) is 2.69. The van der Waals surface area contributed by atoms with Gasteiger partial charge in [0.05, 0.1) is 5.92 Å². The minimum Gasteiger partial charge on any atom is -0.171 e. The quantitative estimate of drug-likeness (QED) is 0.583. The lowest BCUT2D eigenvalue weighted by Gasteiger charge is -2.35. The van der Waals surface area contributed by atoms with Gasteiger partial charge in [-0.05, 0) is 19.1 Å². The van der Waals surface area contributed by atoms with Gasteiger partial charge in [0.15, 0.2) is 0 Å². The SMILES string of the molecule is CSC1CC(C(F)(F)F)C1. The molecule has 60 valence electrons. The van der Waals surface area contributed by atoms with Crippen molar-refractivity contribution < 1.29 is 13.2 Å². The van der Waals surface area contributed by atoms with Gasteiger partial charge in [0, 0.05) is 5.25 Å². The maximum Gasteiger partial charge on any atom is 0.391 e. The molecule has 0 bridgehead atoms. The number of hydrogen-bond acceptors (Lipinski definition) is 1. The Morgan fingerprint density at radius 2 is 1.80 bits per heavy atom. The summed E-state index contributed by atoms with van der Waals surface area (Å²) in [5.41, 5.74) is 0. The van der Waals surface area contributed by atoms with Crippen molar-refractivity contribution in [1.29, 1.82) is 0 Å². The lowest BCUT2D eigenvalue weighted by molar-refractivity contribution is -0.192. The molecule has 0 heterocycles. The third-order valence-corrected chi connectivity index (χ3v) is 2.94. The molecule has 1 saturated carbocycles. The first-order valence-corrected chi connectivity index (χ1v) is 4.42. The van der Waals surface area contributed by atoms with Gasteiger partial charge in [-0.15, -0.1) is 0 Å². The van der Waals surface area contributed by atoms with Gasteiger partial charge in [0.1, 0.15) is 0 Å². The normalized spacial score (nSPS) is 33.6. The number of halogens is 3. The fraction of sp³-hybridized carbons (Fsp3) is 1.00. The van der Waals surface area contributed by atoms with Crippen LogP contribution in [0, 0.1) is 5.92 Å². The highest BCUT2D eigenvalue weighted by Gasteiger charge is 2.47. The number of rotatable bonds is 1. The lowest BCUT2D eigenvalue weighted by atomic mass is 9.84. The second-order valence-electron chi connectivity index (χ2n) is 2.57. The van der Waals surface area contributed by atoms with E-state index >= 15 is 0 Å². The lowest BCUT2D eigenvalue weighted by Crippen LogP contribution is -2.37. The van der Waals surface area contributed by atoms with Crippen LogP contribution in [0.4, 0.5) is 13.2 Å². The van der Waals surface area contributed by atoms with E-state index in [2.05, 4.69) is 0 Å². The first-order chi connectivity index (χ1) is 4.54. The molecule has 0 spiro atoms. The molecule has 0 aromatic heterocycles. The van der Waals surface area contributed by atoms with Crippen LogP contribution in [0.2, 0.25) is 0 Å². The molecular formula is C6H9F3S. The zero-order chi connectivity index (χ0) is 7.78. The summed E-state index contributed by atoms with van der Waals surface area (Å²) in [6, 6.07) is 0. The standard InChI is InChI=1S/C6H9F3S/c1-10-5-2-4(3-5)6(7,8)9/h4-5H,2-3H2,1H3. The van der Waals surface area contributed by atoms with Crippen LogP contribution in [0.25, 0.3) is 0 Å². The molecule has 0 aromatic rings. The van der Waals surface area contributed by atoms with Gasteiger partial charge in [-0.1, -0.05) is 0 Å². The molecule has 0 radical (unpaired) electrons. The summed E-state index contributed by atoms with van der Waals surface area (Å²) >= 11 is 1.53. The largest absolute Gasteiger partial charge is 0.391 e. The highest BCUT2D eigenvalue weighted by atomic mass is 32.2. The van der Waals surface area contributed by atoms with Gasteiger partial charge in [0.2, 0.25) is 0 Å². The van der Waals surface area contributed by atoms with Crippen molar-refractivity contribution in [3.63, 3.8) is 0 Å². The van der Waals surface area contributed by atoms with Gasteiger partial charge in [0.25, 0.3) is 0 Å². The van der Waals surface area contributed by atoms with Crippen LogP contribution in [0.3, 0.4) is 0 Å². The molecule has 0 unspecified atom stereocenters. The maximum absolute atomic E-state index is 11.8. The van der Waals surface area contributed by atoms with Crippen molar-refractivity contribution in [3.8, 4) is 0 Å². The molecule has 0 nitrogen and oxygen atoms in total. The molecule has 1 rings (SSSR count). The summed E-state index contributed by atoms with van der Waals surface area (Å²) in [5, 5.41) is 0.256. The summed E-state index contributed by atoms with van der Waals surface area (Å²) < 4.78 is 35.4. The number of thioether (sulfide) groups is 1. The van der Waals surface area contributed by atoms with E-state index in [0.29, 0.717) is 12.8 Å². The highest BCUT2D eigenvalue weighted by molar-refractivity contribution is 7.99. The first-order valence-electron chi connectivity index (χ1n) is 3.13. The Balaban J connectivity index is 2.26. The van der Waals surface area contributed by atoms with Gasteiger partial charge in [-0.25, -0.2) is 0 Å². The predicted molar refractivity (Wildman–Crippen MR) is 36.1 cm³/mol. The van der Waals surface area contributed by atoms with E-state index < -0.39 is 12.1 Å². The van der Waals surface area contributed by atoms with Gasteiger partial charge in [-0.3, -0.25) is 0 Å². The molecule has 0 N–H and O–H groups in total. The fourth-order valence-corrected chi connectivity index (χ4v) is 1.87. The second-order valence-corrected chi connectivity index (χ2v) is 3.71. The molecule has 1 fully saturated rings. The van der Waals surface area contributed by atoms with E-state index in [9.17, 15) is 13.2 Å². The van der Waals surface area contributed by atoms with E-state index in [-0.39, 0.29) is 5.25 Å². The van der Waals surface area contributed by atoms with Gasteiger partial charge >= 0.3 is 6.18 Å². The van der Waals surface area contributed by atoms with Crippen molar-refractivity contribution in [3.05, 3.63) is 0 Å². The minimum absolute atomic E-state index is 0.256. The van der Waals surface area contributed by atoms with Crippen LogP contribution in [0.5, 0.6) is 0 Å².